The molecule has 0 saturated carbocycles. The van der Waals surface area contributed by atoms with E-state index in [1.54, 1.807) is 12.1 Å². The van der Waals surface area contributed by atoms with Crippen molar-refractivity contribution in [1.29, 1.82) is 0 Å². The summed E-state index contributed by atoms with van der Waals surface area (Å²) in [5.74, 6) is 0.197. The van der Waals surface area contributed by atoms with Gasteiger partial charge in [0, 0.05) is 11.6 Å². The standard InChI is InChI=1S/C14H15BrN2O4/c1-3-20-12-7-13(21-4-2)9(15)5-8(12)10-6-11(14(18)19)17-16-10/h5-7H,3-4H2,1-2H3,(H,16,17)(H,18,19). The van der Waals surface area contributed by atoms with Gasteiger partial charge in [0.05, 0.1) is 23.4 Å². The highest BCUT2D eigenvalue weighted by atomic mass is 79.9. The maximum atomic E-state index is 10.9. The van der Waals surface area contributed by atoms with Gasteiger partial charge in [0.2, 0.25) is 0 Å². The molecule has 0 aliphatic rings. The number of halogens is 1. The van der Waals surface area contributed by atoms with E-state index in [2.05, 4.69) is 26.1 Å². The quantitative estimate of drug-likeness (QED) is 0.830. The number of aromatic amines is 1. The molecule has 0 bridgehead atoms. The largest absolute Gasteiger partial charge is 0.493 e. The topological polar surface area (TPSA) is 84.4 Å². The molecular formula is C14H15BrN2O4. The average Bonchev–Trinajstić information content (AvgIpc) is 2.92. The lowest BCUT2D eigenvalue weighted by atomic mass is 10.1. The van der Waals surface area contributed by atoms with Crippen LogP contribution in [0, 0.1) is 0 Å². The minimum atomic E-state index is -1.06. The minimum absolute atomic E-state index is 0.0254. The number of nitrogens with one attached hydrogen (secondary N) is 1. The monoisotopic (exact) mass is 354 g/mol. The third-order valence-electron chi connectivity index (χ3n) is 2.72. The summed E-state index contributed by atoms with van der Waals surface area (Å²) in [5.41, 5.74) is 1.22. The lowest BCUT2D eigenvalue weighted by molar-refractivity contribution is 0.0690. The van der Waals surface area contributed by atoms with Gasteiger partial charge in [-0.3, -0.25) is 5.10 Å². The summed E-state index contributed by atoms with van der Waals surface area (Å²) < 4.78 is 11.9. The van der Waals surface area contributed by atoms with Gasteiger partial charge in [-0.15, -0.1) is 0 Å². The predicted molar refractivity (Wildman–Crippen MR) is 81.0 cm³/mol. The van der Waals surface area contributed by atoms with Crippen LogP contribution in [0.25, 0.3) is 11.3 Å². The summed E-state index contributed by atoms with van der Waals surface area (Å²) in [6.45, 7) is 4.79. The molecule has 0 fully saturated rings. The van der Waals surface area contributed by atoms with E-state index in [1.807, 2.05) is 13.8 Å². The van der Waals surface area contributed by atoms with Gasteiger partial charge in [-0.05, 0) is 41.9 Å². The zero-order chi connectivity index (χ0) is 15.4. The molecule has 2 rings (SSSR count). The highest BCUT2D eigenvalue weighted by molar-refractivity contribution is 9.10. The number of aromatic carboxylic acids is 1. The highest BCUT2D eigenvalue weighted by Gasteiger charge is 2.16. The number of ether oxygens (including phenoxy) is 2. The van der Waals surface area contributed by atoms with Crippen LogP contribution in [0.2, 0.25) is 0 Å². The number of benzene rings is 1. The number of carboxylic acids is 1. The summed E-state index contributed by atoms with van der Waals surface area (Å²) in [5, 5.41) is 15.5. The fourth-order valence-corrected chi connectivity index (χ4v) is 2.30. The zero-order valence-electron chi connectivity index (χ0n) is 11.6. The summed E-state index contributed by atoms with van der Waals surface area (Å²) in [7, 11) is 0. The lowest BCUT2D eigenvalue weighted by Crippen LogP contribution is -1.98. The third kappa shape index (κ3) is 3.36. The number of carboxylic acid groups (broad SMARTS) is 1. The average molecular weight is 355 g/mol. The lowest BCUT2D eigenvalue weighted by Gasteiger charge is -2.13. The molecule has 7 heteroatoms. The molecule has 0 unspecified atom stereocenters. The zero-order valence-corrected chi connectivity index (χ0v) is 13.2. The first-order valence-corrected chi connectivity index (χ1v) is 7.24. The molecule has 0 amide bonds. The first kappa shape index (κ1) is 15.4. The van der Waals surface area contributed by atoms with Gasteiger partial charge in [-0.2, -0.15) is 5.10 Å². The summed E-state index contributed by atoms with van der Waals surface area (Å²) in [6, 6.07) is 5.03. The van der Waals surface area contributed by atoms with E-state index < -0.39 is 5.97 Å². The third-order valence-corrected chi connectivity index (χ3v) is 3.34. The maximum Gasteiger partial charge on any atom is 0.353 e. The molecule has 2 aromatic rings. The molecule has 0 radical (unpaired) electrons. The van der Waals surface area contributed by atoms with Crippen LogP contribution in [0.3, 0.4) is 0 Å². The molecule has 0 aliphatic carbocycles. The van der Waals surface area contributed by atoms with Crippen molar-refractivity contribution in [2.75, 3.05) is 13.2 Å². The summed E-state index contributed by atoms with van der Waals surface area (Å²) >= 11 is 3.43. The SMILES string of the molecule is CCOc1cc(OCC)c(-c2cc(C(=O)O)[nH]n2)cc1Br. The molecule has 0 spiro atoms. The van der Waals surface area contributed by atoms with Gasteiger partial charge >= 0.3 is 5.97 Å². The van der Waals surface area contributed by atoms with Gasteiger partial charge < -0.3 is 14.6 Å². The molecule has 1 heterocycles. The van der Waals surface area contributed by atoms with Crippen LogP contribution >= 0.6 is 15.9 Å². The van der Waals surface area contributed by atoms with Crippen LogP contribution in [-0.2, 0) is 0 Å². The van der Waals surface area contributed by atoms with E-state index in [0.717, 1.165) is 4.47 Å². The van der Waals surface area contributed by atoms with Gasteiger partial charge in [0.25, 0.3) is 0 Å². The van der Waals surface area contributed by atoms with Crippen molar-refractivity contribution in [2.45, 2.75) is 13.8 Å². The fraction of sp³-hybridized carbons (Fsp3) is 0.286. The summed E-state index contributed by atoms with van der Waals surface area (Å²) in [4.78, 5) is 10.9. The molecule has 2 N–H and O–H groups in total. The number of aromatic nitrogens is 2. The Morgan fingerprint density at radius 2 is 1.90 bits per heavy atom. The second kappa shape index (κ2) is 6.62. The Hall–Kier alpha value is -2.02. The number of nitrogens with zero attached hydrogens (tertiary/aromatic N) is 1. The van der Waals surface area contributed by atoms with Crippen LogP contribution in [0.4, 0.5) is 0 Å². The number of carbonyl (C=O) groups is 1. The van der Waals surface area contributed by atoms with Gasteiger partial charge in [0.15, 0.2) is 0 Å². The first-order valence-electron chi connectivity index (χ1n) is 6.45. The molecule has 1 aromatic carbocycles. The Labute approximate surface area is 130 Å². The molecular weight excluding hydrogens is 340 g/mol. The number of rotatable bonds is 6. The Morgan fingerprint density at radius 1 is 1.24 bits per heavy atom. The Morgan fingerprint density at radius 3 is 2.48 bits per heavy atom. The maximum absolute atomic E-state index is 10.9. The van der Waals surface area contributed by atoms with Crippen LogP contribution in [0.15, 0.2) is 22.7 Å². The van der Waals surface area contributed by atoms with Gasteiger partial charge in [-0.1, -0.05) is 0 Å². The van der Waals surface area contributed by atoms with E-state index in [-0.39, 0.29) is 5.69 Å². The van der Waals surface area contributed by atoms with Crippen molar-refractivity contribution in [3.8, 4) is 22.8 Å². The van der Waals surface area contributed by atoms with E-state index in [9.17, 15) is 4.79 Å². The van der Waals surface area contributed by atoms with Crippen molar-refractivity contribution < 1.29 is 19.4 Å². The Balaban J connectivity index is 2.49. The molecule has 0 atom stereocenters. The molecule has 1 aromatic heterocycles. The predicted octanol–water partition coefficient (Wildman–Crippen LogP) is 3.33. The first-order chi connectivity index (χ1) is 10.1. The fourth-order valence-electron chi connectivity index (χ4n) is 1.85. The molecule has 0 aliphatic heterocycles. The molecule has 0 saturated heterocycles. The van der Waals surface area contributed by atoms with Crippen molar-refractivity contribution in [3.63, 3.8) is 0 Å². The number of hydrogen-bond acceptors (Lipinski definition) is 4. The van der Waals surface area contributed by atoms with Crippen molar-refractivity contribution >= 4 is 21.9 Å². The Kier molecular flexibility index (Phi) is 4.85. The smallest absolute Gasteiger partial charge is 0.353 e. The van der Waals surface area contributed by atoms with Gasteiger partial charge in [0.1, 0.15) is 17.2 Å². The summed E-state index contributed by atoms with van der Waals surface area (Å²) in [6.07, 6.45) is 0. The van der Waals surface area contributed by atoms with E-state index in [4.69, 9.17) is 14.6 Å². The molecule has 21 heavy (non-hydrogen) atoms. The van der Waals surface area contributed by atoms with E-state index in [1.165, 1.54) is 6.07 Å². The van der Waals surface area contributed by atoms with Crippen molar-refractivity contribution in [1.82, 2.24) is 10.2 Å². The number of hydrogen-bond donors (Lipinski definition) is 2. The molecule has 112 valence electrons. The van der Waals surface area contributed by atoms with Crippen LogP contribution in [0.1, 0.15) is 24.3 Å². The second-order valence-corrected chi connectivity index (χ2v) is 4.97. The normalized spacial score (nSPS) is 10.4. The van der Waals surface area contributed by atoms with E-state index in [0.29, 0.717) is 36.0 Å². The van der Waals surface area contributed by atoms with Crippen LogP contribution < -0.4 is 9.47 Å². The van der Waals surface area contributed by atoms with Crippen molar-refractivity contribution in [2.24, 2.45) is 0 Å². The van der Waals surface area contributed by atoms with Crippen LogP contribution in [-0.4, -0.2) is 34.5 Å². The Bertz CT molecular complexity index is 654. The molecule has 6 nitrogen and oxygen atoms in total. The number of H-pyrrole nitrogens is 1. The second-order valence-electron chi connectivity index (χ2n) is 4.12. The van der Waals surface area contributed by atoms with E-state index >= 15 is 0 Å². The van der Waals surface area contributed by atoms with Crippen molar-refractivity contribution in [3.05, 3.63) is 28.4 Å². The van der Waals surface area contributed by atoms with Gasteiger partial charge in [-0.25, -0.2) is 4.79 Å². The van der Waals surface area contributed by atoms with Crippen LogP contribution in [0.5, 0.6) is 11.5 Å². The highest BCUT2D eigenvalue weighted by Crippen LogP contribution is 2.38. The minimum Gasteiger partial charge on any atom is -0.493 e.